The van der Waals surface area contributed by atoms with Gasteiger partial charge in [-0.25, -0.2) is 5.43 Å². The predicted molar refractivity (Wildman–Crippen MR) is 76.8 cm³/mol. The average molecular weight is 298 g/mol. The SMILES string of the molecule is CCCCNC(=O)C(=O)N/N=C\c1cc(Cl)ccc1O. The van der Waals surface area contributed by atoms with Crippen LogP contribution in [0.2, 0.25) is 5.02 Å². The van der Waals surface area contributed by atoms with Crippen molar-refractivity contribution in [2.45, 2.75) is 19.8 Å². The number of benzene rings is 1. The van der Waals surface area contributed by atoms with E-state index in [1.165, 1.54) is 24.4 Å². The molecule has 6 nitrogen and oxygen atoms in total. The summed E-state index contributed by atoms with van der Waals surface area (Å²) in [6, 6.07) is 4.41. The Hall–Kier alpha value is -2.08. The number of hydrogen-bond acceptors (Lipinski definition) is 4. The highest BCUT2D eigenvalue weighted by Crippen LogP contribution is 2.19. The van der Waals surface area contributed by atoms with E-state index in [0.717, 1.165) is 12.8 Å². The van der Waals surface area contributed by atoms with Gasteiger partial charge >= 0.3 is 11.8 Å². The Kier molecular flexibility index (Phi) is 6.52. The standard InChI is InChI=1S/C13H16ClN3O3/c1-2-3-6-15-12(19)13(20)17-16-8-9-7-10(14)4-5-11(9)18/h4-5,7-8,18H,2-3,6H2,1H3,(H,15,19)(H,17,20)/b16-8-. The van der Waals surface area contributed by atoms with Crippen LogP contribution in [0.4, 0.5) is 0 Å². The van der Waals surface area contributed by atoms with Crippen LogP contribution in [0.5, 0.6) is 5.75 Å². The third-order valence-corrected chi connectivity index (χ3v) is 2.62. The molecule has 0 saturated carbocycles. The zero-order valence-electron chi connectivity index (χ0n) is 11.0. The van der Waals surface area contributed by atoms with E-state index in [-0.39, 0.29) is 5.75 Å². The molecular weight excluding hydrogens is 282 g/mol. The van der Waals surface area contributed by atoms with Gasteiger partial charge < -0.3 is 10.4 Å². The van der Waals surface area contributed by atoms with Crippen molar-refractivity contribution in [3.8, 4) is 5.75 Å². The second-order valence-corrected chi connectivity index (χ2v) is 4.45. The molecule has 7 heteroatoms. The Morgan fingerprint density at radius 2 is 2.15 bits per heavy atom. The number of rotatable bonds is 5. The van der Waals surface area contributed by atoms with Gasteiger partial charge in [-0.15, -0.1) is 0 Å². The number of phenolic OH excluding ortho intramolecular Hbond substituents is 1. The normalized spacial score (nSPS) is 10.5. The van der Waals surface area contributed by atoms with E-state index in [9.17, 15) is 14.7 Å². The Balaban J connectivity index is 2.49. The van der Waals surface area contributed by atoms with Gasteiger partial charge in [0.25, 0.3) is 0 Å². The molecule has 0 aliphatic heterocycles. The van der Waals surface area contributed by atoms with Gasteiger partial charge in [-0.2, -0.15) is 5.10 Å². The molecule has 108 valence electrons. The van der Waals surface area contributed by atoms with Crippen molar-refractivity contribution in [1.82, 2.24) is 10.7 Å². The average Bonchev–Trinajstić information content (AvgIpc) is 2.42. The lowest BCUT2D eigenvalue weighted by Gasteiger charge is -2.02. The Labute approximate surface area is 121 Å². The molecule has 0 saturated heterocycles. The molecular formula is C13H16ClN3O3. The number of carbonyl (C=O) groups is 2. The number of nitrogens with zero attached hydrogens (tertiary/aromatic N) is 1. The van der Waals surface area contributed by atoms with E-state index in [4.69, 9.17) is 11.6 Å². The lowest BCUT2D eigenvalue weighted by molar-refractivity contribution is -0.139. The number of hydrazone groups is 1. The first-order valence-electron chi connectivity index (χ1n) is 6.14. The van der Waals surface area contributed by atoms with Crippen LogP contribution in [0, 0.1) is 0 Å². The third-order valence-electron chi connectivity index (χ3n) is 2.38. The molecule has 0 unspecified atom stereocenters. The van der Waals surface area contributed by atoms with Crippen LogP contribution in [0.25, 0.3) is 0 Å². The third kappa shape index (κ3) is 5.27. The van der Waals surface area contributed by atoms with E-state index in [1.807, 2.05) is 6.92 Å². The highest BCUT2D eigenvalue weighted by molar-refractivity contribution is 6.35. The van der Waals surface area contributed by atoms with Crippen LogP contribution in [0.3, 0.4) is 0 Å². The Morgan fingerprint density at radius 3 is 2.85 bits per heavy atom. The molecule has 1 rings (SSSR count). The van der Waals surface area contributed by atoms with Gasteiger partial charge in [-0.3, -0.25) is 9.59 Å². The van der Waals surface area contributed by atoms with Gasteiger partial charge in [0.2, 0.25) is 0 Å². The minimum absolute atomic E-state index is 0.0280. The minimum Gasteiger partial charge on any atom is -0.507 e. The Bertz CT molecular complexity index is 518. The fraction of sp³-hybridized carbons (Fsp3) is 0.308. The van der Waals surface area contributed by atoms with Crippen LogP contribution in [-0.4, -0.2) is 29.7 Å². The predicted octanol–water partition coefficient (Wildman–Crippen LogP) is 1.41. The zero-order chi connectivity index (χ0) is 15.0. The van der Waals surface area contributed by atoms with Gasteiger partial charge in [0.15, 0.2) is 0 Å². The topological polar surface area (TPSA) is 90.8 Å². The number of phenols is 1. The first kappa shape index (κ1) is 16.0. The molecule has 0 radical (unpaired) electrons. The molecule has 0 aliphatic rings. The van der Waals surface area contributed by atoms with E-state index in [1.54, 1.807) is 0 Å². The number of nitrogens with one attached hydrogen (secondary N) is 2. The molecule has 0 heterocycles. The second kappa shape index (κ2) is 8.16. The monoisotopic (exact) mass is 297 g/mol. The van der Waals surface area contributed by atoms with Gasteiger partial charge in [0.1, 0.15) is 5.75 Å². The number of carbonyl (C=O) groups excluding carboxylic acids is 2. The summed E-state index contributed by atoms with van der Waals surface area (Å²) >= 11 is 5.76. The van der Waals surface area contributed by atoms with Crippen molar-refractivity contribution < 1.29 is 14.7 Å². The summed E-state index contributed by atoms with van der Waals surface area (Å²) in [5.74, 6) is -1.63. The number of unbranched alkanes of at least 4 members (excludes halogenated alkanes) is 1. The second-order valence-electron chi connectivity index (χ2n) is 4.01. The Morgan fingerprint density at radius 1 is 1.40 bits per heavy atom. The van der Waals surface area contributed by atoms with Crippen molar-refractivity contribution in [1.29, 1.82) is 0 Å². The maximum Gasteiger partial charge on any atom is 0.329 e. The quantitative estimate of drug-likeness (QED) is 0.332. The van der Waals surface area contributed by atoms with E-state index < -0.39 is 11.8 Å². The summed E-state index contributed by atoms with van der Waals surface area (Å²) in [5.41, 5.74) is 2.41. The summed E-state index contributed by atoms with van der Waals surface area (Å²) in [6.45, 7) is 2.43. The van der Waals surface area contributed by atoms with Crippen molar-refractivity contribution in [3.63, 3.8) is 0 Å². The molecule has 2 amide bonds. The fourth-order valence-electron chi connectivity index (χ4n) is 1.30. The molecule has 1 aromatic carbocycles. The van der Waals surface area contributed by atoms with Gasteiger partial charge in [-0.05, 0) is 24.6 Å². The fourth-order valence-corrected chi connectivity index (χ4v) is 1.48. The van der Waals surface area contributed by atoms with Crippen molar-refractivity contribution in [2.24, 2.45) is 5.10 Å². The summed E-state index contributed by atoms with van der Waals surface area (Å²) in [6.07, 6.45) is 2.94. The van der Waals surface area contributed by atoms with Gasteiger partial charge in [-0.1, -0.05) is 24.9 Å². The van der Waals surface area contributed by atoms with Crippen LogP contribution in [0.1, 0.15) is 25.3 Å². The lowest BCUT2D eigenvalue weighted by Crippen LogP contribution is -2.38. The zero-order valence-corrected chi connectivity index (χ0v) is 11.8. The minimum atomic E-state index is -0.862. The van der Waals surface area contributed by atoms with E-state index >= 15 is 0 Å². The smallest absolute Gasteiger partial charge is 0.329 e. The van der Waals surface area contributed by atoms with Crippen molar-refractivity contribution in [2.75, 3.05) is 6.54 Å². The van der Waals surface area contributed by atoms with Crippen LogP contribution < -0.4 is 10.7 Å². The van der Waals surface area contributed by atoms with Gasteiger partial charge in [0, 0.05) is 17.1 Å². The van der Waals surface area contributed by atoms with Crippen LogP contribution >= 0.6 is 11.6 Å². The number of amides is 2. The van der Waals surface area contributed by atoms with Crippen LogP contribution in [-0.2, 0) is 9.59 Å². The lowest BCUT2D eigenvalue weighted by atomic mass is 10.2. The first-order valence-corrected chi connectivity index (χ1v) is 6.52. The number of halogens is 1. The molecule has 0 spiro atoms. The highest BCUT2D eigenvalue weighted by atomic mass is 35.5. The number of hydrogen-bond donors (Lipinski definition) is 3. The molecule has 0 atom stereocenters. The molecule has 0 aromatic heterocycles. The summed E-state index contributed by atoms with van der Waals surface area (Å²) in [4.78, 5) is 22.7. The van der Waals surface area contributed by atoms with Crippen LogP contribution in [0.15, 0.2) is 23.3 Å². The molecule has 20 heavy (non-hydrogen) atoms. The molecule has 0 fully saturated rings. The summed E-state index contributed by atoms with van der Waals surface area (Å²) in [7, 11) is 0. The molecule has 0 bridgehead atoms. The maximum absolute atomic E-state index is 11.4. The highest BCUT2D eigenvalue weighted by Gasteiger charge is 2.11. The summed E-state index contributed by atoms with van der Waals surface area (Å²) < 4.78 is 0. The largest absolute Gasteiger partial charge is 0.507 e. The molecule has 1 aromatic rings. The van der Waals surface area contributed by atoms with Gasteiger partial charge in [0.05, 0.1) is 6.21 Å². The van der Waals surface area contributed by atoms with Crippen molar-refractivity contribution in [3.05, 3.63) is 28.8 Å². The van der Waals surface area contributed by atoms with E-state index in [0.29, 0.717) is 17.1 Å². The van der Waals surface area contributed by atoms with Crippen molar-refractivity contribution >= 4 is 29.6 Å². The summed E-state index contributed by atoms with van der Waals surface area (Å²) in [5, 5.41) is 16.0. The molecule has 0 aliphatic carbocycles. The van der Waals surface area contributed by atoms with E-state index in [2.05, 4.69) is 15.8 Å². The maximum atomic E-state index is 11.4. The number of aromatic hydroxyl groups is 1. The first-order chi connectivity index (χ1) is 9.54. The molecule has 3 N–H and O–H groups in total.